The number of benzene rings is 2. The van der Waals surface area contributed by atoms with E-state index in [1.807, 2.05) is 0 Å². The molecule has 0 N–H and O–H groups in total. The van der Waals surface area contributed by atoms with E-state index in [4.69, 9.17) is 0 Å². The third-order valence-electron chi connectivity index (χ3n) is 4.78. The second kappa shape index (κ2) is 4.57. The van der Waals surface area contributed by atoms with Crippen LogP contribution >= 0.6 is 15.9 Å². The molecule has 1 aliphatic rings. The van der Waals surface area contributed by atoms with E-state index in [1.165, 1.54) is 17.5 Å². The molecule has 1 fully saturated rings. The van der Waals surface area contributed by atoms with E-state index < -0.39 is 8.07 Å². The fourth-order valence-electron chi connectivity index (χ4n) is 3.50. The summed E-state index contributed by atoms with van der Waals surface area (Å²) in [6, 6.07) is 22.0. The number of rotatable bonds is 3. The van der Waals surface area contributed by atoms with Gasteiger partial charge in [-0.25, -0.2) is 0 Å². The van der Waals surface area contributed by atoms with Crippen molar-refractivity contribution in [3.05, 3.63) is 71.8 Å². The van der Waals surface area contributed by atoms with Crippen molar-refractivity contribution in [2.75, 3.05) is 0 Å². The van der Waals surface area contributed by atoms with Crippen LogP contribution in [0.2, 0.25) is 19.6 Å². The normalized spacial score (nSPS) is 24.4. The van der Waals surface area contributed by atoms with Crippen LogP contribution in [0.25, 0.3) is 0 Å². The smallest absolute Gasteiger partial charge is 0.0651 e. The summed E-state index contributed by atoms with van der Waals surface area (Å²) in [6.45, 7) is 7.40. The molecule has 20 heavy (non-hydrogen) atoms. The van der Waals surface area contributed by atoms with Crippen LogP contribution in [0.4, 0.5) is 0 Å². The van der Waals surface area contributed by atoms with Crippen molar-refractivity contribution in [2.45, 2.75) is 35.4 Å². The highest BCUT2D eigenvalue weighted by atomic mass is 79.9. The summed E-state index contributed by atoms with van der Waals surface area (Å²) >= 11 is 4.17. The van der Waals surface area contributed by atoms with E-state index in [0.717, 1.165) is 0 Å². The molecule has 2 aromatic carbocycles. The van der Waals surface area contributed by atoms with E-state index in [1.54, 1.807) is 0 Å². The standard InChI is InChI=1S/C18H21BrSi/c1-20(2,3)18(19)14-17(18,15-10-6-4-7-11-15)16-12-8-5-9-13-16/h4-13H,14H2,1-3H3/t18-/m0/s1. The maximum Gasteiger partial charge on any atom is 0.0651 e. The van der Waals surface area contributed by atoms with Crippen molar-refractivity contribution in [1.82, 2.24) is 0 Å². The molecule has 2 heteroatoms. The van der Waals surface area contributed by atoms with Crippen LogP contribution in [0.3, 0.4) is 0 Å². The summed E-state index contributed by atoms with van der Waals surface area (Å²) in [6.07, 6.45) is 1.21. The molecule has 0 aliphatic heterocycles. The van der Waals surface area contributed by atoms with Gasteiger partial charge in [0.25, 0.3) is 0 Å². The molecule has 0 unspecified atom stereocenters. The first-order valence-corrected chi connectivity index (χ1v) is 11.5. The zero-order valence-corrected chi connectivity index (χ0v) is 14.9. The second-order valence-electron chi connectivity index (χ2n) is 6.87. The van der Waals surface area contributed by atoms with Crippen molar-refractivity contribution in [1.29, 1.82) is 0 Å². The van der Waals surface area contributed by atoms with Crippen molar-refractivity contribution in [3.8, 4) is 0 Å². The quantitative estimate of drug-likeness (QED) is 0.517. The van der Waals surface area contributed by atoms with Crippen LogP contribution < -0.4 is 0 Å². The molecular formula is C18H21BrSi. The highest BCUT2D eigenvalue weighted by Gasteiger charge is 2.72. The molecule has 104 valence electrons. The Balaban J connectivity index is 2.18. The van der Waals surface area contributed by atoms with Gasteiger partial charge in [0.15, 0.2) is 0 Å². The molecule has 2 aromatic rings. The van der Waals surface area contributed by atoms with E-state index in [-0.39, 0.29) is 9.36 Å². The topological polar surface area (TPSA) is 0 Å². The molecule has 0 heterocycles. The third kappa shape index (κ3) is 1.85. The Morgan fingerprint density at radius 1 is 0.800 bits per heavy atom. The van der Waals surface area contributed by atoms with Gasteiger partial charge in [-0.2, -0.15) is 0 Å². The maximum atomic E-state index is 4.17. The first-order valence-electron chi connectivity index (χ1n) is 7.22. The molecule has 0 amide bonds. The third-order valence-corrected chi connectivity index (χ3v) is 12.3. The first kappa shape index (κ1) is 14.1. The van der Waals surface area contributed by atoms with Crippen molar-refractivity contribution in [2.24, 2.45) is 0 Å². The molecule has 1 aliphatic carbocycles. The number of hydrogen-bond donors (Lipinski definition) is 0. The lowest BCUT2D eigenvalue weighted by molar-refractivity contribution is 0.830. The largest absolute Gasteiger partial charge is 0.0875 e. The number of alkyl halides is 1. The zero-order valence-electron chi connectivity index (χ0n) is 12.4. The molecule has 0 aromatic heterocycles. The maximum absolute atomic E-state index is 4.17. The SMILES string of the molecule is C[Si](C)(C)[C@@]1(Br)CC1(c1ccccc1)c1ccccc1. The lowest BCUT2D eigenvalue weighted by atomic mass is 9.88. The van der Waals surface area contributed by atoms with Crippen LogP contribution in [0, 0.1) is 0 Å². The molecule has 0 saturated heterocycles. The van der Waals surface area contributed by atoms with Crippen molar-refractivity contribution in [3.63, 3.8) is 0 Å². The van der Waals surface area contributed by atoms with E-state index in [0.29, 0.717) is 0 Å². The summed E-state index contributed by atoms with van der Waals surface area (Å²) < 4.78 is 0.260. The molecule has 3 rings (SSSR count). The highest BCUT2D eigenvalue weighted by molar-refractivity contribution is 9.10. The highest BCUT2D eigenvalue weighted by Crippen LogP contribution is 2.70. The van der Waals surface area contributed by atoms with Gasteiger partial charge in [0.05, 0.1) is 8.07 Å². The molecule has 0 spiro atoms. The van der Waals surface area contributed by atoms with Gasteiger partial charge >= 0.3 is 0 Å². The molecule has 0 nitrogen and oxygen atoms in total. The van der Waals surface area contributed by atoms with Crippen LogP contribution in [0.5, 0.6) is 0 Å². The minimum Gasteiger partial charge on any atom is -0.0875 e. The van der Waals surface area contributed by atoms with Gasteiger partial charge in [-0.1, -0.05) is 96.2 Å². The lowest BCUT2D eigenvalue weighted by Gasteiger charge is -2.31. The Labute approximate surface area is 131 Å². The van der Waals surface area contributed by atoms with E-state index in [9.17, 15) is 0 Å². The average molecular weight is 345 g/mol. The van der Waals surface area contributed by atoms with Crippen LogP contribution in [-0.2, 0) is 5.41 Å². The van der Waals surface area contributed by atoms with Gasteiger partial charge in [-0.15, -0.1) is 0 Å². The lowest BCUT2D eigenvalue weighted by Crippen LogP contribution is -2.42. The van der Waals surface area contributed by atoms with Gasteiger partial charge in [0.2, 0.25) is 0 Å². The van der Waals surface area contributed by atoms with Gasteiger partial charge in [-0.05, 0) is 17.5 Å². The first-order chi connectivity index (χ1) is 9.42. The molecule has 1 saturated carbocycles. The molecule has 1 atom stereocenters. The minimum atomic E-state index is -1.33. The Kier molecular flexibility index (Phi) is 3.22. The molecular weight excluding hydrogens is 324 g/mol. The number of halogens is 1. The molecule has 0 radical (unpaired) electrons. The zero-order chi connectivity index (χ0) is 14.4. The Hall–Kier alpha value is -0.863. The predicted molar refractivity (Wildman–Crippen MR) is 93.3 cm³/mol. The van der Waals surface area contributed by atoms with Crippen LogP contribution in [-0.4, -0.2) is 12.0 Å². The summed E-state index contributed by atoms with van der Waals surface area (Å²) in [4.78, 5) is 0. The van der Waals surface area contributed by atoms with Crippen LogP contribution in [0.1, 0.15) is 17.5 Å². The summed E-state index contributed by atoms with van der Waals surface area (Å²) in [5, 5.41) is 0. The van der Waals surface area contributed by atoms with Crippen molar-refractivity contribution < 1.29 is 0 Å². The monoisotopic (exact) mass is 344 g/mol. The number of hydrogen-bond acceptors (Lipinski definition) is 0. The summed E-state index contributed by atoms with van der Waals surface area (Å²) in [5.41, 5.74) is 3.05. The van der Waals surface area contributed by atoms with Crippen LogP contribution in [0.15, 0.2) is 60.7 Å². The minimum absolute atomic E-state index is 0.153. The van der Waals surface area contributed by atoms with Gasteiger partial charge in [0, 0.05) is 9.36 Å². The van der Waals surface area contributed by atoms with Gasteiger partial charge in [0.1, 0.15) is 0 Å². The van der Waals surface area contributed by atoms with Gasteiger partial charge in [-0.3, -0.25) is 0 Å². The van der Waals surface area contributed by atoms with Crippen molar-refractivity contribution >= 4 is 24.0 Å². The average Bonchev–Trinajstić information content (AvgIpc) is 3.10. The fraction of sp³-hybridized carbons (Fsp3) is 0.333. The predicted octanol–water partition coefficient (Wildman–Crippen LogP) is 5.39. The second-order valence-corrected chi connectivity index (χ2v) is 14.3. The Bertz CT molecular complexity index is 561. The fourth-order valence-corrected chi connectivity index (χ4v) is 6.74. The molecule has 0 bridgehead atoms. The summed E-state index contributed by atoms with van der Waals surface area (Å²) in [5.74, 6) is 0. The van der Waals surface area contributed by atoms with E-state index >= 15 is 0 Å². The van der Waals surface area contributed by atoms with Gasteiger partial charge < -0.3 is 0 Å². The summed E-state index contributed by atoms with van der Waals surface area (Å²) in [7, 11) is -1.33. The van der Waals surface area contributed by atoms with E-state index in [2.05, 4.69) is 96.2 Å². The Morgan fingerprint density at radius 2 is 1.20 bits per heavy atom. The Morgan fingerprint density at radius 3 is 1.50 bits per heavy atom.